The van der Waals surface area contributed by atoms with E-state index >= 15 is 0 Å². The van der Waals surface area contributed by atoms with Gasteiger partial charge in [-0.1, -0.05) is 6.07 Å². The Bertz CT molecular complexity index is 626. The average molecular weight is 286 g/mol. The van der Waals surface area contributed by atoms with E-state index in [9.17, 15) is 9.18 Å². The summed E-state index contributed by atoms with van der Waals surface area (Å²) in [6, 6.07) is 11.2. The highest BCUT2D eigenvalue weighted by atomic mass is 19.1. The highest BCUT2D eigenvalue weighted by molar-refractivity contribution is 5.97. The van der Waals surface area contributed by atoms with Gasteiger partial charge in [0.15, 0.2) is 0 Å². The van der Waals surface area contributed by atoms with Crippen molar-refractivity contribution in [3.8, 4) is 0 Å². The quantitative estimate of drug-likeness (QED) is 0.654. The molecule has 2 N–H and O–H groups in total. The van der Waals surface area contributed by atoms with Crippen molar-refractivity contribution in [1.29, 1.82) is 0 Å². The number of hydrogen-bond acceptors (Lipinski definition) is 4. The van der Waals surface area contributed by atoms with Crippen LogP contribution in [0, 0.1) is 5.82 Å². The SMILES string of the molecule is C/C(=N/NC(=O)CNc1ccc(F)cc1)c1ccccn1. The van der Waals surface area contributed by atoms with E-state index in [-0.39, 0.29) is 18.3 Å². The molecule has 0 saturated carbocycles. The number of carbonyl (C=O) groups excluding carboxylic acids is 1. The lowest BCUT2D eigenvalue weighted by molar-refractivity contribution is -0.119. The van der Waals surface area contributed by atoms with Gasteiger partial charge in [0.2, 0.25) is 0 Å². The molecule has 2 aromatic rings. The van der Waals surface area contributed by atoms with Crippen LogP contribution in [0.4, 0.5) is 10.1 Å². The fourth-order valence-electron chi connectivity index (χ4n) is 1.57. The first-order valence-corrected chi connectivity index (χ1v) is 6.39. The van der Waals surface area contributed by atoms with Gasteiger partial charge in [-0.15, -0.1) is 0 Å². The van der Waals surface area contributed by atoms with Crippen molar-refractivity contribution < 1.29 is 9.18 Å². The average Bonchev–Trinajstić information content (AvgIpc) is 2.53. The van der Waals surface area contributed by atoms with Crippen molar-refractivity contribution in [3.63, 3.8) is 0 Å². The predicted octanol–water partition coefficient (Wildman–Crippen LogP) is 2.17. The largest absolute Gasteiger partial charge is 0.376 e. The second kappa shape index (κ2) is 7.14. The van der Waals surface area contributed by atoms with Crippen molar-refractivity contribution in [3.05, 3.63) is 60.2 Å². The summed E-state index contributed by atoms with van der Waals surface area (Å²) in [6.07, 6.45) is 1.66. The first-order valence-electron chi connectivity index (χ1n) is 6.39. The highest BCUT2D eigenvalue weighted by Gasteiger charge is 2.02. The molecule has 2 rings (SSSR count). The fourth-order valence-corrected chi connectivity index (χ4v) is 1.57. The van der Waals surface area contributed by atoms with E-state index in [2.05, 4.69) is 20.8 Å². The Balaban J connectivity index is 1.83. The molecule has 0 aliphatic heterocycles. The minimum atomic E-state index is -0.319. The van der Waals surface area contributed by atoms with Crippen LogP contribution in [0.2, 0.25) is 0 Å². The minimum absolute atomic E-state index is 0.0463. The second-order valence-corrected chi connectivity index (χ2v) is 4.31. The molecule has 1 heterocycles. The maximum absolute atomic E-state index is 12.7. The van der Waals surface area contributed by atoms with Crippen LogP contribution in [-0.2, 0) is 4.79 Å². The number of nitrogens with zero attached hydrogens (tertiary/aromatic N) is 2. The van der Waals surface area contributed by atoms with Crippen LogP contribution in [0.5, 0.6) is 0 Å². The van der Waals surface area contributed by atoms with E-state index in [1.807, 2.05) is 18.2 Å². The number of rotatable bonds is 5. The highest BCUT2D eigenvalue weighted by Crippen LogP contribution is 2.07. The summed E-state index contributed by atoms with van der Waals surface area (Å²) in [7, 11) is 0. The Morgan fingerprint density at radius 2 is 2.00 bits per heavy atom. The molecule has 21 heavy (non-hydrogen) atoms. The first-order chi connectivity index (χ1) is 10.1. The molecule has 6 heteroatoms. The lowest BCUT2D eigenvalue weighted by atomic mass is 10.3. The number of carbonyl (C=O) groups is 1. The van der Waals surface area contributed by atoms with Crippen molar-refractivity contribution in [1.82, 2.24) is 10.4 Å². The molecular weight excluding hydrogens is 271 g/mol. The molecule has 0 saturated heterocycles. The number of anilines is 1. The third-order valence-corrected chi connectivity index (χ3v) is 2.68. The summed E-state index contributed by atoms with van der Waals surface area (Å²) in [5.41, 5.74) is 4.41. The van der Waals surface area contributed by atoms with Crippen LogP contribution in [0.25, 0.3) is 0 Å². The molecule has 0 aliphatic carbocycles. The van der Waals surface area contributed by atoms with Gasteiger partial charge in [0.1, 0.15) is 5.82 Å². The third kappa shape index (κ3) is 4.68. The van der Waals surface area contributed by atoms with Crippen molar-refractivity contribution in [2.45, 2.75) is 6.92 Å². The minimum Gasteiger partial charge on any atom is -0.376 e. The molecule has 1 aromatic heterocycles. The Kier molecular flexibility index (Phi) is 4.98. The van der Waals surface area contributed by atoms with E-state index in [1.54, 1.807) is 25.3 Å². The second-order valence-electron chi connectivity index (χ2n) is 4.31. The lowest BCUT2D eigenvalue weighted by Gasteiger charge is -2.05. The molecule has 1 amide bonds. The smallest absolute Gasteiger partial charge is 0.259 e. The van der Waals surface area contributed by atoms with Crippen LogP contribution in [0.1, 0.15) is 12.6 Å². The number of hydrogen-bond donors (Lipinski definition) is 2. The topological polar surface area (TPSA) is 66.4 Å². The molecule has 0 spiro atoms. The zero-order chi connectivity index (χ0) is 15.1. The summed E-state index contributed by atoms with van der Waals surface area (Å²) in [5.74, 6) is -0.616. The van der Waals surface area contributed by atoms with Gasteiger partial charge in [0.25, 0.3) is 5.91 Å². The van der Waals surface area contributed by atoms with Gasteiger partial charge in [0, 0.05) is 11.9 Å². The number of pyridine rings is 1. The van der Waals surface area contributed by atoms with Crippen LogP contribution in [-0.4, -0.2) is 23.1 Å². The summed E-state index contributed by atoms with van der Waals surface area (Å²) in [4.78, 5) is 15.8. The van der Waals surface area contributed by atoms with Gasteiger partial charge < -0.3 is 5.32 Å². The van der Waals surface area contributed by atoms with Gasteiger partial charge in [-0.25, -0.2) is 9.82 Å². The molecule has 5 nitrogen and oxygen atoms in total. The Labute approximate surface area is 121 Å². The molecule has 0 fully saturated rings. The van der Waals surface area contributed by atoms with Gasteiger partial charge in [-0.3, -0.25) is 9.78 Å². The Hall–Kier alpha value is -2.76. The zero-order valence-corrected chi connectivity index (χ0v) is 11.5. The summed E-state index contributed by atoms with van der Waals surface area (Å²) in [6.45, 7) is 1.81. The molecule has 1 aromatic carbocycles. The molecule has 0 radical (unpaired) electrons. The Morgan fingerprint density at radius 3 is 2.67 bits per heavy atom. The van der Waals surface area contributed by atoms with Crippen molar-refractivity contribution >= 4 is 17.3 Å². The Morgan fingerprint density at radius 1 is 1.24 bits per heavy atom. The number of nitrogens with one attached hydrogen (secondary N) is 2. The van der Waals surface area contributed by atoms with Gasteiger partial charge in [-0.2, -0.15) is 5.10 Å². The van der Waals surface area contributed by atoms with Crippen LogP contribution >= 0.6 is 0 Å². The van der Waals surface area contributed by atoms with Crippen LogP contribution in [0.15, 0.2) is 53.8 Å². The standard InChI is InChI=1S/C15H15FN4O/c1-11(14-4-2-3-9-17-14)19-20-15(21)10-18-13-7-5-12(16)6-8-13/h2-9,18H,10H2,1H3,(H,20,21)/b19-11-. The van der Waals surface area contributed by atoms with E-state index in [1.165, 1.54) is 12.1 Å². The van der Waals surface area contributed by atoms with E-state index in [0.29, 0.717) is 17.1 Å². The molecule has 108 valence electrons. The molecular formula is C15H15FN4O. The van der Waals surface area contributed by atoms with Crippen molar-refractivity contribution in [2.75, 3.05) is 11.9 Å². The van der Waals surface area contributed by atoms with Crippen molar-refractivity contribution in [2.24, 2.45) is 5.10 Å². The maximum atomic E-state index is 12.7. The summed E-state index contributed by atoms with van der Waals surface area (Å²) < 4.78 is 12.7. The van der Waals surface area contributed by atoms with E-state index in [0.717, 1.165) is 0 Å². The monoisotopic (exact) mass is 286 g/mol. The van der Waals surface area contributed by atoms with Gasteiger partial charge in [0.05, 0.1) is 18.0 Å². The van der Waals surface area contributed by atoms with E-state index in [4.69, 9.17) is 0 Å². The molecule has 0 bridgehead atoms. The number of halogens is 1. The molecule has 0 unspecified atom stereocenters. The third-order valence-electron chi connectivity index (χ3n) is 2.68. The number of aromatic nitrogens is 1. The van der Waals surface area contributed by atoms with Crippen LogP contribution in [0.3, 0.4) is 0 Å². The maximum Gasteiger partial charge on any atom is 0.259 e. The molecule has 0 aliphatic rings. The predicted molar refractivity (Wildman–Crippen MR) is 79.5 cm³/mol. The molecule has 0 atom stereocenters. The van der Waals surface area contributed by atoms with Gasteiger partial charge in [-0.05, 0) is 43.3 Å². The normalized spacial score (nSPS) is 11.0. The van der Waals surface area contributed by atoms with Gasteiger partial charge >= 0.3 is 0 Å². The fraction of sp³-hybridized carbons (Fsp3) is 0.133. The zero-order valence-electron chi connectivity index (χ0n) is 11.5. The number of benzene rings is 1. The number of amides is 1. The summed E-state index contributed by atoms with van der Waals surface area (Å²) in [5, 5.41) is 6.85. The summed E-state index contributed by atoms with van der Waals surface area (Å²) >= 11 is 0. The lowest BCUT2D eigenvalue weighted by Crippen LogP contribution is -2.26. The van der Waals surface area contributed by atoms with E-state index < -0.39 is 0 Å². The first kappa shape index (κ1) is 14.6. The number of hydrazone groups is 1. The van der Waals surface area contributed by atoms with Crippen LogP contribution < -0.4 is 10.7 Å².